The van der Waals surface area contributed by atoms with Gasteiger partial charge in [0, 0.05) is 19.5 Å². The molecule has 0 fully saturated rings. The summed E-state index contributed by atoms with van der Waals surface area (Å²) in [7, 11) is 1.63. The molecule has 0 N–H and O–H groups in total. The minimum atomic E-state index is 0.404. The summed E-state index contributed by atoms with van der Waals surface area (Å²) >= 11 is 0. The van der Waals surface area contributed by atoms with Gasteiger partial charge in [-0.1, -0.05) is 6.07 Å². The van der Waals surface area contributed by atoms with Crippen LogP contribution < -0.4 is 5.01 Å². The molecular formula is C9H13N3O. The lowest BCUT2D eigenvalue weighted by molar-refractivity contribution is 0.198. The summed E-state index contributed by atoms with van der Waals surface area (Å²) in [6.45, 7) is 2.26. The molecule has 0 spiro atoms. The molecule has 0 bridgehead atoms. The highest BCUT2D eigenvalue weighted by Gasteiger charge is 2.02. The Labute approximate surface area is 77.8 Å². The van der Waals surface area contributed by atoms with Crippen LogP contribution in [0.25, 0.3) is 0 Å². The maximum atomic E-state index is 4.98. The van der Waals surface area contributed by atoms with Crippen molar-refractivity contribution in [3.8, 4) is 0 Å². The molecule has 0 aromatic carbocycles. The van der Waals surface area contributed by atoms with E-state index in [1.54, 1.807) is 24.5 Å². The quantitative estimate of drug-likeness (QED) is 0.399. The Bertz CT molecular complexity index is 261. The number of ether oxygens (including phenoxy) is 1. The summed E-state index contributed by atoms with van der Waals surface area (Å²) in [4.78, 5) is 4.15. The number of nitrogens with zero attached hydrogens (tertiary/aromatic N) is 3. The van der Waals surface area contributed by atoms with Crippen LogP contribution in [-0.4, -0.2) is 25.0 Å². The second-order valence-corrected chi connectivity index (χ2v) is 2.38. The molecule has 1 rings (SSSR count). The molecule has 0 amide bonds. The van der Waals surface area contributed by atoms with Gasteiger partial charge in [-0.25, -0.2) is 9.99 Å². The number of hydrogen-bond acceptors (Lipinski definition) is 4. The van der Waals surface area contributed by atoms with Crippen LogP contribution >= 0.6 is 0 Å². The molecular weight excluding hydrogens is 166 g/mol. The normalized spacial score (nSPS) is 10.6. The first-order valence-corrected chi connectivity index (χ1v) is 4.04. The lowest BCUT2D eigenvalue weighted by Gasteiger charge is -2.15. The fourth-order valence-corrected chi connectivity index (χ4v) is 0.927. The van der Waals surface area contributed by atoms with E-state index in [-0.39, 0.29) is 0 Å². The highest BCUT2D eigenvalue weighted by Crippen LogP contribution is 2.08. The first kappa shape index (κ1) is 9.67. The number of methoxy groups -OCH3 is 1. The summed E-state index contributed by atoms with van der Waals surface area (Å²) in [6, 6.07) is 5.66. The third-order valence-corrected chi connectivity index (χ3v) is 1.42. The van der Waals surface area contributed by atoms with E-state index in [0.717, 1.165) is 5.82 Å². The molecule has 4 heteroatoms. The van der Waals surface area contributed by atoms with Crippen LogP contribution in [0, 0.1) is 0 Å². The molecule has 1 aromatic rings. The zero-order valence-corrected chi connectivity index (χ0v) is 7.84. The molecule has 0 saturated heterocycles. The van der Waals surface area contributed by atoms with Crippen molar-refractivity contribution in [1.82, 2.24) is 4.98 Å². The summed E-state index contributed by atoms with van der Waals surface area (Å²) < 4.78 is 4.98. The van der Waals surface area contributed by atoms with Crippen LogP contribution in [-0.2, 0) is 4.74 Å². The van der Waals surface area contributed by atoms with Crippen molar-refractivity contribution < 1.29 is 4.74 Å². The topological polar surface area (TPSA) is 37.7 Å². The molecule has 4 nitrogen and oxygen atoms in total. The lowest BCUT2D eigenvalue weighted by atomic mass is 10.5. The van der Waals surface area contributed by atoms with E-state index in [4.69, 9.17) is 4.74 Å². The number of anilines is 1. The number of hydrazone groups is 1. The third kappa shape index (κ3) is 2.83. The van der Waals surface area contributed by atoms with Gasteiger partial charge < -0.3 is 4.74 Å². The molecule has 0 atom stereocenters. The van der Waals surface area contributed by atoms with Crippen LogP contribution in [0.2, 0.25) is 0 Å². The van der Waals surface area contributed by atoms with E-state index >= 15 is 0 Å². The van der Waals surface area contributed by atoms with Crippen molar-refractivity contribution in [2.45, 2.75) is 6.92 Å². The molecule has 0 aliphatic heterocycles. The van der Waals surface area contributed by atoms with Crippen molar-refractivity contribution in [2.75, 3.05) is 18.8 Å². The van der Waals surface area contributed by atoms with Gasteiger partial charge in [0.15, 0.2) is 5.82 Å². The van der Waals surface area contributed by atoms with Crippen molar-refractivity contribution in [1.29, 1.82) is 0 Å². The molecule has 1 aromatic heterocycles. The van der Waals surface area contributed by atoms with Crippen molar-refractivity contribution in [3.05, 3.63) is 24.4 Å². The fourth-order valence-electron chi connectivity index (χ4n) is 0.927. The molecule has 0 unspecified atom stereocenters. The minimum absolute atomic E-state index is 0.404. The van der Waals surface area contributed by atoms with E-state index < -0.39 is 0 Å². The first-order chi connectivity index (χ1) is 6.38. The van der Waals surface area contributed by atoms with Gasteiger partial charge in [0.25, 0.3) is 0 Å². The molecule has 0 radical (unpaired) electrons. The first-order valence-electron chi connectivity index (χ1n) is 4.04. The van der Waals surface area contributed by atoms with Crippen molar-refractivity contribution in [2.24, 2.45) is 5.10 Å². The molecule has 0 saturated carbocycles. The van der Waals surface area contributed by atoms with Crippen LogP contribution in [0.4, 0.5) is 5.82 Å². The zero-order chi connectivity index (χ0) is 9.52. The van der Waals surface area contributed by atoms with E-state index in [0.29, 0.717) is 6.73 Å². The Morgan fingerprint density at radius 2 is 2.46 bits per heavy atom. The Morgan fingerprint density at radius 1 is 1.62 bits per heavy atom. The largest absolute Gasteiger partial charge is 0.362 e. The molecule has 0 aliphatic carbocycles. The molecule has 1 heterocycles. The van der Waals surface area contributed by atoms with Crippen LogP contribution in [0.1, 0.15) is 6.92 Å². The number of hydrogen-bond donors (Lipinski definition) is 0. The average molecular weight is 179 g/mol. The number of pyridine rings is 1. The molecule has 0 aliphatic rings. The summed E-state index contributed by atoms with van der Waals surface area (Å²) in [5.74, 6) is 0.780. The Hall–Kier alpha value is -1.42. The third-order valence-electron chi connectivity index (χ3n) is 1.42. The monoisotopic (exact) mass is 179 g/mol. The average Bonchev–Trinajstić information content (AvgIpc) is 2.19. The highest BCUT2D eigenvalue weighted by atomic mass is 16.5. The van der Waals surface area contributed by atoms with Gasteiger partial charge in [0.2, 0.25) is 0 Å². The van der Waals surface area contributed by atoms with Gasteiger partial charge in [-0.2, -0.15) is 5.10 Å². The van der Waals surface area contributed by atoms with E-state index in [1.807, 2.05) is 25.1 Å². The standard InChI is InChI=1S/C9H13N3O/c1-3-11-12(8-13-2)9-6-4-5-7-10-9/h3-7H,8H2,1-2H3/b11-3-. The van der Waals surface area contributed by atoms with Gasteiger partial charge in [-0.3, -0.25) is 0 Å². The number of rotatable bonds is 4. The van der Waals surface area contributed by atoms with Crippen molar-refractivity contribution >= 4 is 12.0 Å². The zero-order valence-electron chi connectivity index (χ0n) is 7.84. The Morgan fingerprint density at radius 3 is 3.00 bits per heavy atom. The fraction of sp³-hybridized carbons (Fsp3) is 0.333. The van der Waals surface area contributed by atoms with Crippen LogP contribution in [0.15, 0.2) is 29.5 Å². The minimum Gasteiger partial charge on any atom is -0.362 e. The maximum absolute atomic E-state index is 4.98. The predicted molar refractivity (Wildman–Crippen MR) is 52.8 cm³/mol. The van der Waals surface area contributed by atoms with Gasteiger partial charge in [0.05, 0.1) is 0 Å². The van der Waals surface area contributed by atoms with Gasteiger partial charge in [-0.15, -0.1) is 0 Å². The Kier molecular flexibility index (Phi) is 3.92. The smallest absolute Gasteiger partial charge is 0.151 e. The van der Waals surface area contributed by atoms with Gasteiger partial charge in [-0.05, 0) is 19.1 Å². The number of aromatic nitrogens is 1. The van der Waals surface area contributed by atoms with Gasteiger partial charge >= 0.3 is 0 Å². The van der Waals surface area contributed by atoms with Crippen LogP contribution in [0.5, 0.6) is 0 Å². The molecule has 70 valence electrons. The van der Waals surface area contributed by atoms with Crippen LogP contribution in [0.3, 0.4) is 0 Å². The molecule has 13 heavy (non-hydrogen) atoms. The van der Waals surface area contributed by atoms with E-state index in [1.165, 1.54) is 0 Å². The summed E-state index contributed by atoms with van der Waals surface area (Å²) in [5.41, 5.74) is 0. The van der Waals surface area contributed by atoms with E-state index in [9.17, 15) is 0 Å². The van der Waals surface area contributed by atoms with Crippen molar-refractivity contribution in [3.63, 3.8) is 0 Å². The maximum Gasteiger partial charge on any atom is 0.151 e. The Balaban J connectivity index is 2.76. The SMILES string of the molecule is C/C=N\N(COC)c1ccccn1. The van der Waals surface area contributed by atoms with Gasteiger partial charge in [0.1, 0.15) is 6.73 Å². The highest BCUT2D eigenvalue weighted by molar-refractivity contribution is 5.56. The lowest BCUT2D eigenvalue weighted by Crippen LogP contribution is -2.19. The van der Waals surface area contributed by atoms with E-state index in [2.05, 4.69) is 10.1 Å². The predicted octanol–water partition coefficient (Wildman–Crippen LogP) is 1.50. The second-order valence-electron chi connectivity index (χ2n) is 2.38. The second kappa shape index (κ2) is 5.27. The summed E-state index contributed by atoms with van der Waals surface area (Å²) in [6.07, 6.45) is 3.43. The summed E-state index contributed by atoms with van der Waals surface area (Å²) in [5, 5.41) is 5.79.